The van der Waals surface area contributed by atoms with Crippen molar-refractivity contribution in [1.29, 1.82) is 0 Å². The number of nitrogens with one attached hydrogen (secondary N) is 1. The number of aromatic nitrogens is 2. The van der Waals surface area contributed by atoms with E-state index >= 15 is 0 Å². The quantitative estimate of drug-likeness (QED) is 0.735. The zero-order chi connectivity index (χ0) is 13.4. The number of rotatable bonds is 1. The summed E-state index contributed by atoms with van der Waals surface area (Å²) in [5.74, 6) is 0.616. The molecule has 0 unspecified atom stereocenters. The molecule has 0 aliphatic rings. The van der Waals surface area contributed by atoms with Crippen LogP contribution in [0.4, 0.5) is 0 Å². The second-order valence-electron chi connectivity index (χ2n) is 4.39. The van der Waals surface area contributed by atoms with E-state index in [0.29, 0.717) is 21.7 Å². The van der Waals surface area contributed by atoms with Crippen molar-refractivity contribution >= 4 is 22.5 Å². The molecule has 0 spiro atoms. The Kier molecular flexibility index (Phi) is 2.84. The molecule has 0 radical (unpaired) electrons. The lowest BCUT2D eigenvalue weighted by molar-refractivity contribution is 1.06. The first kappa shape index (κ1) is 11.9. The van der Waals surface area contributed by atoms with Crippen molar-refractivity contribution in [3.05, 3.63) is 63.7 Å². The predicted octanol–water partition coefficient (Wildman–Crippen LogP) is 3.55. The van der Waals surface area contributed by atoms with Crippen molar-refractivity contribution in [1.82, 2.24) is 9.97 Å². The zero-order valence-corrected chi connectivity index (χ0v) is 11.0. The minimum Gasteiger partial charge on any atom is -0.310 e. The van der Waals surface area contributed by atoms with E-state index in [1.807, 2.05) is 36.4 Å². The lowest BCUT2D eigenvalue weighted by atomic mass is 10.0. The Morgan fingerprint density at radius 1 is 1.05 bits per heavy atom. The van der Waals surface area contributed by atoms with Gasteiger partial charge in [-0.2, -0.15) is 0 Å². The summed E-state index contributed by atoms with van der Waals surface area (Å²) in [6, 6.07) is 13.2. The number of halogens is 1. The van der Waals surface area contributed by atoms with Gasteiger partial charge in [-0.05, 0) is 42.3 Å². The first-order valence-electron chi connectivity index (χ1n) is 5.90. The summed E-state index contributed by atoms with van der Waals surface area (Å²) in [5.41, 5.74) is 2.66. The molecule has 3 nitrogen and oxygen atoms in total. The second-order valence-corrected chi connectivity index (χ2v) is 4.83. The van der Waals surface area contributed by atoms with Gasteiger partial charge in [-0.3, -0.25) is 4.79 Å². The van der Waals surface area contributed by atoms with Gasteiger partial charge in [0.05, 0.1) is 10.9 Å². The van der Waals surface area contributed by atoms with Crippen LogP contribution < -0.4 is 5.56 Å². The summed E-state index contributed by atoms with van der Waals surface area (Å²) < 4.78 is 0. The molecule has 1 aromatic heterocycles. The molecule has 94 valence electrons. The monoisotopic (exact) mass is 270 g/mol. The zero-order valence-electron chi connectivity index (χ0n) is 10.3. The maximum atomic E-state index is 11.8. The van der Waals surface area contributed by atoms with Crippen molar-refractivity contribution in [3.8, 4) is 11.1 Å². The largest absolute Gasteiger partial charge is 0.310 e. The van der Waals surface area contributed by atoms with Crippen LogP contribution >= 0.6 is 11.6 Å². The maximum Gasteiger partial charge on any atom is 0.258 e. The van der Waals surface area contributed by atoms with Crippen LogP contribution in [0.5, 0.6) is 0 Å². The van der Waals surface area contributed by atoms with Crippen LogP contribution in [0.15, 0.2) is 47.3 Å². The molecule has 0 saturated heterocycles. The molecule has 1 heterocycles. The van der Waals surface area contributed by atoms with Crippen LogP contribution in [0.1, 0.15) is 5.82 Å². The van der Waals surface area contributed by atoms with E-state index < -0.39 is 0 Å². The highest BCUT2D eigenvalue weighted by atomic mass is 35.5. The van der Waals surface area contributed by atoms with Crippen LogP contribution in [0, 0.1) is 6.92 Å². The molecule has 3 rings (SSSR count). The van der Waals surface area contributed by atoms with E-state index in [9.17, 15) is 4.79 Å². The van der Waals surface area contributed by atoms with Crippen LogP contribution in [0.25, 0.3) is 22.0 Å². The number of hydrogen-bond acceptors (Lipinski definition) is 2. The fraction of sp³-hybridized carbons (Fsp3) is 0.0667. The number of aryl methyl sites for hydroxylation is 1. The highest BCUT2D eigenvalue weighted by Crippen LogP contribution is 2.23. The van der Waals surface area contributed by atoms with Gasteiger partial charge in [0, 0.05) is 5.02 Å². The lowest BCUT2D eigenvalue weighted by Crippen LogP contribution is -2.09. The van der Waals surface area contributed by atoms with Crippen LogP contribution in [0.2, 0.25) is 5.02 Å². The third-order valence-electron chi connectivity index (χ3n) is 3.00. The van der Waals surface area contributed by atoms with Crippen molar-refractivity contribution in [3.63, 3.8) is 0 Å². The molecular weight excluding hydrogens is 260 g/mol. The molecular formula is C15H11ClN2O. The minimum atomic E-state index is -0.106. The molecule has 2 aromatic carbocycles. The normalized spacial score (nSPS) is 10.8. The van der Waals surface area contributed by atoms with E-state index in [1.165, 1.54) is 0 Å². The summed E-state index contributed by atoms with van der Waals surface area (Å²) in [7, 11) is 0. The highest BCUT2D eigenvalue weighted by Gasteiger charge is 2.04. The number of H-pyrrole nitrogens is 1. The molecule has 0 atom stereocenters. The van der Waals surface area contributed by atoms with E-state index in [0.717, 1.165) is 11.1 Å². The van der Waals surface area contributed by atoms with Gasteiger partial charge in [-0.1, -0.05) is 29.8 Å². The fourth-order valence-corrected chi connectivity index (χ4v) is 2.20. The summed E-state index contributed by atoms with van der Waals surface area (Å²) in [6.45, 7) is 1.77. The molecule has 19 heavy (non-hydrogen) atoms. The fourth-order valence-electron chi connectivity index (χ4n) is 2.08. The SMILES string of the molecule is Cc1nc2cc(-c3ccc(Cl)cc3)ccc2c(=O)[nH]1. The van der Waals surface area contributed by atoms with Gasteiger partial charge in [-0.25, -0.2) is 4.98 Å². The van der Waals surface area contributed by atoms with Gasteiger partial charge in [0.1, 0.15) is 5.82 Å². The third kappa shape index (κ3) is 2.25. The van der Waals surface area contributed by atoms with E-state index in [2.05, 4.69) is 9.97 Å². The highest BCUT2D eigenvalue weighted by molar-refractivity contribution is 6.30. The first-order valence-corrected chi connectivity index (χ1v) is 6.28. The number of aromatic amines is 1. The van der Waals surface area contributed by atoms with Gasteiger partial charge >= 0.3 is 0 Å². The average Bonchev–Trinajstić information content (AvgIpc) is 2.38. The van der Waals surface area contributed by atoms with E-state index in [-0.39, 0.29) is 5.56 Å². The Balaban J connectivity index is 2.21. The van der Waals surface area contributed by atoms with Gasteiger partial charge in [0.15, 0.2) is 0 Å². The lowest BCUT2D eigenvalue weighted by Gasteiger charge is -2.04. The number of fused-ring (bicyclic) bond motifs is 1. The Morgan fingerprint density at radius 2 is 1.74 bits per heavy atom. The van der Waals surface area contributed by atoms with Crippen LogP contribution in [0.3, 0.4) is 0 Å². The Labute approximate surface area is 114 Å². The topological polar surface area (TPSA) is 45.8 Å². The molecule has 0 aliphatic carbocycles. The van der Waals surface area contributed by atoms with Gasteiger partial charge in [-0.15, -0.1) is 0 Å². The summed E-state index contributed by atoms with van der Waals surface area (Å²) >= 11 is 5.88. The van der Waals surface area contributed by atoms with Crippen molar-refractivity contribution in [2.75, 3.05) is 0 Å². The molecule has 3 aromatic rings. The number of hydrogen-bond donors (Lipinski definition) is 1. The molecule has 4 heteroatoms. The molecule has 0 fully saturated rings. The first-order chi connectivity index (χ1) is 9.13. The molecule has 0 saturated carbocycles. The number of benzene rings is 2. The summed E-state index contributed by atoms with van der Waals surface area (Å²) in [6.07, 6.45) is 0. The van der Waals surface area contributed by atoms with Gasteiger partial charge in [0.25, 0.3) is 5.56 Å². The Hall–Kier alpha value is -2.13. The Morgan fingerprint density at radius 3 is 2.47 bits per heavy atom. The molecule has 0 bridgehead atoms. The van der Waals surface area contributed by atoms with Gasteiger partial charge < -0.3 is 4.98 Å². The molecule has 1 N–H and O–H groups in total. The molecule has 0 aliphatic heterocycles. The van der Waals surface area contributed by atoms with E-state index in [1.54, 1.807) is 13.0 Å². The summed E-state index contributed by atoms with van der Waals surface area (Å²) in [5, 5.41) is 1.30. The van der Waals surface area contributed by atoms with Crippen LogP contribution in [-0.4, -0.2) is 9.97 Å². The number of nitrogens with zero attached hydrogens (tertiary/aromatic N) is 1. The second kappa shape index (κ2) is 4.52. The van der Waals surface area contributed by atoms with Crippen molar-refractivity contribution in [2.24, 2.45) is 0 Å². The van der Waals surface area contributed by atoms with Crippen molar-refractivity contribution < 1.29 is 0 Å². The minimum absolute atomic E-state index is 0.106. The third-order valence-corrected chi connectivity index (χ3v) is 3.25. The van der Waals surface area contributed by atoms with Crippen molar-refractivity contribution in [2.45, 2.75) is 6.92 Å². The predicted molar refractivity (Wildman–Crippen MR) is 77.5 cm³/mol. The Bertz CT molecular complexity index is 806. The van der Waals surface area contributed by atoms with Gasteiger partial charge in [0.2, 0.25) is 0 Å². The average molecular weight is 271 g/mol. The molecule has 0 amide bonds. The van der Waals surface area contributed by atoms with Crippen LogP contribution in [-0.2, 0) is 0 Å². The summed E-state index contributed by atoms with van der Waals surface area (Å²) in [4.78, 5) is 18.8. The van der Waals surface area contributed by atoms with E-state index in [4.69, 9.17) is 11.6 Å². The standard InChI is InChI=1S/C15H11ClN2O/c1-9-17-14-8-11(4-7-13(14)15(19)18-9)10-2-5-12(16)6-3-10/h2-8H,1H3,(H,17,18,19). The smallest absolute Gasteiger partial charge is 0.258 e. The maximum absolute atomic E-state index is 11.8.